The summed E-state index contributed by atoms with van der Waals surface area (Å²) in [4.78, 5) is 15.9. The Morgan fingerprint density at radius 2 is 2.04 bits per heavy atom. The molecule has 1 aliphatic rings. The van der Waals surface area contributed by atoms with Gasteiger partial charge in [0.1, 0.15) is 5.02 Å². The lowest BCUT2D eigenvalue weighted by Crippen LogP contribution is -2.46. The summed E-state index contributed by atoms with van der Waals surface area (Å²) in [6.45, 7) is 0.654. The van der Waals surface area contributed by atoms with Crippen molar-refractivity contribution in [2.24, 2.45) is 0 Å². The molecule has 12 heteroatoms. The Bertz CT molecular complexity index is 781. The molecule has 1 fully saturated rings. The fourth-order valence-electron chi connectivity index (χ4n) is 2.54. The first-order valence-electron chi connectivity index (χ1n) is 8.15. The Labute approximate surface area is 159 Å². The van der Waals surface area contributed by atoms with Crippen LogP contribution in [0.4, 0.5) is 13.2 Å². The van der Waals surface area contributed by atoms with E-state index in [0.717, 1.165) is 6.20 Å². The molecule has 1 aromatic rings. The first-order chi connectivity index (χ1) is 12.5. The van der Waals surface area contributed by atoms with Crippen LogP contribution in [0.15, 0.2) is 12.3 Å². The molecule has 0 saturated carbocycles. The van der Waals surface area contributed by atoms with Crippen LogP contribution in [0.3, 0.4) is 0 Å². The van der Waals surface area contributed by atoms with Crippen LogP contribution in [0.25, 0.3) is 0 Å². The number of halogens is 4. The molecule has 7 nitrogen and oxygen atoms in total. The Balaban J connectivity index is 1.92. The molecule has 0 unspecified atom stereocenters. The number of pyridine rings is 1. The molecule has 1 aromatic heterocycles. The van der Waals surface area contributed by atoms with Crippen LogP contribution in [0.1, 0.15) is 30.1 Å². The smallest absolute Gasteiger partial charge is 0.422 e. The molecule has 27 heavy (non-hydrogen) atoms. The van der Waals surface area contributed by atoms with Crippen molar-refractivity contribution in [1.82, 2.24) is 14.6 Å². The fraction of sp³-hybridized carbons (Fsp3) is 0.600. The highest BCUT2D eigenvalue weighted by Gasteiger charge is 2.30. The van der Waals surface area contributed by atoms with Crippen LogP contribution < -0.4 is 10.1 Å². The van der Waals surface area contributed by atoms with Gasteiger partial charge in [-0.2, -0.15) is 13.2 Å². The fourth-order valence-corrected chi connectivity index (χ4v) is 3.89. The van der Waals surface area contributed by atoms with Crippen molar-refractivity contribution in [1.29, 1.82) is 0 Å². The van der Waals surface area contributed by atoms with Gasteiger partial charge in [-0.3, -0.25) is 4.79 Å². The maximum atomic E-state index is 12.3. The van der Waals surface area contributed by atoms with E-state index in [4.69, 9.17) is 11.6 Å². The SMILES string of the molecule is CCS(=O)(=O)N1CCC(NC(=O)c2cnc(OCC(F)(F)F)c(Cl)c2)CC1. The summed E-state index contributed by atoms with van der Waals surface area (Å²) in [5.41, 5.74) is 0.0722. The Hall–Kier alpha value is -1.59. The molecule has 0 aliphatic carbocycles. The monoisotopic (exact) mass is 429 g/mol. The molecular formula is C15H19ClF3N3O4S. The number of ether oxygens (including phenoxy) is 1. The van der Waals surface area contributed by atoms with Crippen LogP contribution in [0.2, 0.25) is 5.02 Å². The van der Waals surface area contributed by atoms with E-state index in [1.54, 1.807) is 6.92 Å². The summed E-state index contributed by atoms with van der Waals surface area (Å²) in [6.07, 6.45) is -2.54. The lowest BCUT2D eigenvalue weighted by molar-refractivity contribution is -0.154. The van der Waals surface area contributed by atoms with Gasteiger partial charge in [0.05, 0.1) is 11.3 Å². The number of carbonyl (C=O) groups excluding carboxylic acids is 1. The first-order valence-corrected chi connectivity index (χ1v) is 10.1. The molecule has 0 spiro atoms. The number of hydrogen-bond donors (Lipinski definition) is 1. The highest BCUT2D eigenvalue weighted by molar-refractivity contribution is 7.89. The standard InChI is InChI=1S/C15H19ClF3N3O4S/c1-2-27(24,25)22-5-3-11(4-6-22)21-13(23)10-7-12(16)14(20-8-10)26-9-15(17,18)19/h7-8,11H,2-6,9H2,1H3,(H,21,23). The number of rotatable bonds is 6. The van der Waals surface area contributed by atoms with Crippen molar-refractivity contribution in [3.05, 3.63) is 22.8 Å². The zero-order valence-corrected chi connectivity index (χ0v) is 16.0. The highest BCUT2D eigenvalue weighted by Crippen LogP contribution is 2.25. The molecule has 0 radical (unpaired) electrons. The third kappa shape index (κ3) is 6.22. The number of sulfonamides is 1. The second-order valence-corrected chi connectivity index (χ2v) is 8.63. The zero-order valence-electron chi connectivity index (χ0n) is 14.4. The minimum Gasteiger partial charge on any atom is -0.467 e. The van der Waals surface area contributed by atoms with E-state index < -0.39 is 34.6 Å². The van der Waals surface area contributed by atoms with Gasteiger partial charge in [-0.15, -0.1) is 0 Å². The molecule has 1 saturated heterocycles. The van der Waals surface area contributed by atoms with Gasteiger partial charge in [0.2, 0.25) is 15.9 Å². The number of alkyl halides is 3. The Morgan fingerprint density at radius 3 is 2.56 bits per heavy atom. The predicted molar refractivity (Wildman–Crippen MR) is 92.3 cm³/mol. The Kier molecular flexibility index (Phi) is 6.92. The van der Waals surface area contributed by atoms with Crippen LogP contribution in [-0.4, -0.2) is 61.3 Å². The number of carbonyl (C=O) groups is 1. The number of nitrogens with one attached hydrogen (secondary N) is 1. The van der Waals surface area contributed by atoms with Crippen LogP contribution in [0.5, 0.6) is 5.88 Å². The Morgan fingerprint density at radius 1 is 1.41 bits per heavy atom. The normalized spacial score (nSPS) is 16.9. The van der Waals surface area contributed by atoms with Crippen LogP contribution >= 0.6 is 11.6 Å². The van der Waals surface area contributed by atoms with Crippen molar-refractivity contribution < 1.29 is 31.1 Å². The van der Waals surface area contributed by atoms with Crippen LogP contribution in [0, 0.1) is 0 Å². The highest BCUT2D eigenvalue weighted by atomic mass is 35.5. The van der Waals surface area contributed by atoms with Crippen molar-refractivity contribution in [3.63, 3.8) is 0 Å². The topological polar surface area (TPSA) is 88.6 Å². The van der Waals surface area contributed by atoms with E-state index in [1.807, 2.05) is 0 Å². The van der Waals surface area contributed by atoms with Gasteiger partial charge in [-0.25, -0.2) is 17.7 Å². The summed E-state index contributed by atoms with van der Waals surface area (Å²) in [7, 11) is -3.25. The summed E-state index contributed by atoms with van der Waals surface area (Å²) in [5.74, 6) is -0.885. The maximum Gasteiger partial charge on any atom is 0.422 e. The average molecular weight is 430 g/mol. The molecule has 2 rings (SSSR count). The molecular weight excluding hydrogens is 411 g/mol. The maximum absolute atomic E-state index is 12.3. The van der Waals surface area contributed by atoms with E-state index in [-0.39, 0.29) is 22.4 Å². The molecule has 2 heterocycles. The van der Waals surface area contributed by atoms with Gasteiger partial charge in [-0.1, -0.05) is 11.6 Å². The second kappa shape index (κ2) is 8.61. The van der Waals surface area contributed by atoms with Gasteiger partial charge >= 0.3 is 6.18 Å². The van der Waals surface area contributed by atoms with Crippen molar-refractivity contribution in [2.75, 3.05) is 25.4 Å². The van der Waals surface area contributed by atoms with Gasteiger partial charge in [0.15, 0.2) is 6.61 Å². The van der Waals surface area contributed by atoms with Crippen molar-refractivity contribution >= 4 is 27.5 Å². The van der Waals surface area contributed by atoms with Gasteiger partial charge in [-0.05, 0) is 25.8 Å². The summed E-state index contributed by atoms with van der Waals surface area (Å²) < 4.78 is 66.0. The largest absolute Gasteiger partial charge is 0.467 e. The number of aromatic nitrogens is 1. The summed E-state index contributed by atoms with van der Waals surface area (Å²) in [6, 6.07) is 0.951. The molecule has 1 N–H and O–H groups in total. The minimum atomic E-state index is -4.53. The molecule has 0 atom stereocenters. The number of amides is 1. The molecule has 1 amide bonds. The quantitative estimate of drug-likeness (QED) is 0.749. The van der Waals surface area contributed by atoms with Crippen LogP contribution in [-0.2, 0) is 10.0 Å². The van der Waals surface area contributed by atoms with Crippen molar-refractivity contribution in [2.45, 2.75) is 32.0 Å². The second-order valence-electron chi connectivity index (χ2n) is 5.96. The molecule has 152 valence electrons. The molecule has 1 aliphatic heterocycles. The molecule has 0 bridgehead atoms. The average Bonchev–Trinajstić information content (AvgIpc) is 2.60. The predicted octanol–water partition coefficient (Wildman–Crippen LogP) is 2.22. The summed E-state index contributed by atoms with van der Waals surface area (Å²) >= 11 is 5.82. The van der Waals surface area contributed by atoms with Crippen molar-refractivity contribution in [3.8, 4) is 5.88 Å². The number of nitrogens with zero attached hydrogens (tertiary/aromatic N) is 2. The van der Waals surface area contributed by atoms with Gasteiger partial charge < -0.3 is 10.1 Å². The van der Waals surface area contributed by atoms with E-state index >= 15 is 0 Å². The van der Waals surface area contributed by atoms with E-state index in [9.17, 15) is 26.4 Å². The number of hydrogen-bond acceptors (Lipinski definition) is 5. The third-order valence-corrected chi connectivity index (χ3v) is 6.14. The third-order valence-electron chi connectivity index (χ3n) is 3.99. The van der Waals surface area contributed by atoms with Gasteiger partial charge in [0.25, 0.3) is 5.91 Å². The van der Waals surface area contributed by atoms with E-state index in [2.05, 4.69) is 15.0 Å². The number of piperidine rings is 1. The lowest BCUT2D eigenvalue weighted by Gasteiger charge is -2.31. The van der Waals surface area contributed by atoms with Gasteiger partial charge in [0, 0.05) is 25.3 Å². The zero-order chi connectivity index (χ0) is 20.2. The minimum absolute atomic E-state index is 0.0248. The lowest BCUT2D eigenvalue weighted by atomic mass is 10.1. The van der Waals surface area contributed by atoms with E-state index in [1.165, 1.54) is 10.4 Å². The first kappa shape index (κ1) is 21.7. The molecule has 0 aromatic carbocycles. The van der Waals surface area contributed by atoms with E-state index in [0.29, 0.717) is 25.9 Å². The summed E-state index contributed by atoms with van der Waals surface area (Å²) in [5, 5.41) is 2.54.